The van der Waals surface area contributed by atoms with Crippen molar-refractivity contribution in [2.75, 3.05) is 5.32 Å². The Morgan fingerprint density at radius 3 is 2.96 bits per heavy atom. The predicted molar refractivity (Wildman–Crippen MR) is 93.6 cm³/mol. The van der Waals surface area contributed by atoms with Gasteiger partial charge < -0.3 is 4.42 Å². The normalized spacial score (nSPS) is 14.6. The fourth-order valence-corrected chi connectivity index (χ4v) is 4.88. The summed E-state index contributed by atoms with van der Waals surface area (Å²) < 4.78 is 33.4. The Morgan fingerprint density at radius 1 is 1.36 bits per heavy atom. The van der Waals surface area contributed by atoms with E-state index in [2.05, 4.69) is 16.9 Å². The molecule has 0 aliphatic carbocycles. The highest BCUT2D eigenvalue weighted by atomic mass is 32.2. The van der Waals surface area contributed by atoms with Crippen molar-refractivity contribution in [3.63, 3.8) is 0 Å². The summed E-state index contributed by atoms with van der Waals surface area (Å²) in [6.45, 7) is 3.70. The van der Waals surface area contributed by atoms with E-state index < -0.39 is 10.0 Å². The maximum Gasteiger partial charge on any atom is 0.250 e. The molecule has 2 aromatic heterocycles. The van der Waals surface area contributed by atoms with Crippen LogP contribution >= 0.6 is 11.3 Å². The average molecular weight is 375 g/mol. The minimum atomic E-state index is -3.64. The Morgan fingerprint density at radius 2 is 2.20 bits per heavy atom. The number of furan rings is 1. The molecule has 25 heavy (non-hydrogen) atoms. The standard InChI is InChI=1S/C16H13N3O4S2/c1-2-15(20)18-16-5-10-7-19(8-13(10)23-16)25(21,22)11-3-4-12-14(6-11)24-9-17-12/h2-6,9H,1,7-8H2,(H,18,20). The molecule has 128 valence electrons. The van der Waals surface area contributed by atoms with Gasteiger partial charge in [-0.2, -0.15) is 4.31 Å². The number of amides is 1. The van der Waals surface area contributed by atoms with Crippen LogP contribution in [0.15, 0.2) is 51.7 Å². The smallest absolute Gasteiger partial charge is 0.250 e. The van der Waals surface area contributed by atoms with Gasteiger partial charge in [0, 0.05) is 18.2 Å². The Balaban J connectivity index is 1.58. The third-order valence-electron chi connectivity index (χ3n) is 3.94. The van der Waals surface area contributed by atoms with E-state index in [1.807, 2.05) is 0 Å². The van der Waals surface area contributed by atoms with Crippen LogP contribution in [0.25, 0.3) is 10.2 Å². The second-order valence-corrected chi connectivity index (χ2v) is 8.33. The maximum atomic E-state index is 12.9. The van der Waals surface area contributed by atoms with Crippen LogP contribution in [-0.4, -0.2) is 23.6 Å². The van der Waals surface area contributed by atoms with Crippen molar-refractivity contribution >= 4 is 43.4 Å². The van der Waals surface area contributed by atoms with Crippen LogP contribution in [0.3, 0.4) is 0 Å². The van der Waals surface area contributed by atoms with Crippen molar-refractivity contribution in [2.24, 2.45) is 0 Å². The molecular formula is C16H13N3O4S2. The first kappa shape index (κ1) is 16.0. The van der Waals surface area contributed by atoms with Crippen LogP contribution in [0.5, 0.6) is 0 Å². The Kier molecular flexibility index (Phi) is 3.71. The molecule has 0 saturated carbocycles. The first-order chi connectivity index (χ1) is 12.0. The van der Waals surface area contributed by atoms with Crippen LogP contribution < -0.4 is 5.32 Å². The second-order valence-electron chi connectivity index (χ2n) is 5.51. The van der Waals surface area contributed by atoms with Crippen LogP contribution in [0.1, 0.15) is 11.3 Å². The summed E-state index contributed by atoms with van der Waals surface area (Å²) in [6, 6.07) is 6.54. The molecule has 0 bridgehead atoms. The highest BCUT2D eigenvalue weighted by Gasteiger charge is 2.33. The summed E-state index contributed by atoms with van der Waals surface area (Å²) in [4.78, 5) is 15.7. The average Bonchev–Trinajstić information content (AvgIpc) is 3.27. The molecule has 1 aliphatic heterocycles. The summed E-state index contributed by atoms with van der Waals surface area (Å²) in [5.74, 6) is 0.439. The number of hydrogen-bond acceptors (Lipinski definition) is 6. The highest BCUT2D eigenvalue weighted by molar-refractivity contribution is 7.89. The molecule has 1 aliphatic rings. The molecule has 1 amide bonds. The van der Waals surface area contributed by atoms with E-state index in [0.717, 1.165) is 21.9 Å². The number of aromatic nitrogens is 1. The van der Waals surface area contributed by atoms with Gasteiger partial charge in [-0.15, -0.1) is 11.3 Å². The lowest BCUT2D eigenvalue weighted by molar-refractivity contribution is -0.112. The van der Waals surface area contributed by atoms with E-state index in [1.165, 1.54) is 15.6 Å². The molecule has 0 fully saturated rings. The molecule has 9 heteroatoms. The molecule has 0 atom stereocenters. The summed E-state index contributed by atoms with van der Waals surface area (Å²) in [6.07, 6.45) is 1.14. The van der Waals surface area contributed by atoms with Gasteiger partial charge >= 0.3 is 0 Å². The van der Waals surface area contributed by atoms with Gasteiger partial charge in [0.15, 0.2) is 5.88 Å². The number of nitrogens with one attached hydrogen (secondary N) is 1. The minimum absolute atomic E-state index is 0.127. The van der Waals surface area contributed by atoms with Crippen LogP contribution in [0.2, 0.25) is 0 Å². The number of carbonyl (C=O) groups is 1. The van der Waals surface area contributed by atoms with Crippen molar-refractivity contribution < 1.29 is 17.6 Å². The summed E-state index contributed by atoms with van der Waals surface area (Å²) in [5, 5.41) is 2.53. The molecule has 0 unspecified atom stereocenters. The van der Waals surface area contributed by atoms with Crippen molar-refractivity contribution in [1.29, 1.82) is 0 Å². The van der Waals surface area contributed by atoms with Gasteiger partial charge in [-0.25, -0.2) is 13.4 Å². The molecule has 3 aromatic rings. The lowest BCUT2D eigenvalue weighted by Gasteiger charge is -2.15. The molecule has 4 rings (SSSR count). The summed E-state index contributed by atoms with van der Waals surface area (Å²) >= 11 is 1.40. The number of rotatable bonds is 4. The molecule has 0 saturated heterocycles. The monoisotopic (exact) mass is 375 g/mol. The minimum Gasteiger partial charge on any atom is -0.444 e. The van der Waals surface area contributed by atoms with E-state index >= 15 is 0 Å². The lowest BCUT2D eigenvalue weighted by Crippen LogP contribution is -2.25. The number of carbonyl (C=O) groups excluding carboxylic acids is 1. The van der Waals surface area contributed by atoms with Crippen LogP contribution in [-0.2, 0) is 27.9 Å². The Hall–Kier alpha value is -2.49. The van der Waals surface area contributed by atoms with Crippen molar-refractivity contribution in [3.05, 3.63) is 53.8 Å². The van der Waals surface area contributed by atoms with Gasteiger partial charge in [0.25, 0.3) is 0 Å². The quantitative estimate of drug-likeness (QED) is 0.708. The number of anilines is 1. The van der Waals surface area contributed by atoms with E-state index in [-0.39, 0.29) is 29.8 Å². The third kappa shape index (κ3) is 2.76. The molecule has 0 spiro atoms. The zero-order valence-electron chi connectivity index (χ0n) is 12.9. The van der Waals surface area contributed by atoms with Gasteiger partial charge in [-0.1, -0.05) is 6.58 Å². The number of sulfonamides is 1. The fourth-order valence-electron chi connectivity index (χ4n) is 2.69. The zero-order chi connectivity index (χ0) is 17.6. The maximum absolute atomic E-state index is 12.9. The topological polar surface area (TPSA) is 92.5 Å². The van der Waals surface area contributed by atoms with Crippen molar-refractivity contribution in [3.8, 4) is 0 Å². The molecule has 7 nitrogen and oxygen atoms in total. The van der Waals surface area contributed by atoms with Gasteiger partial charge in [0.2, 0.25) is 15.9 Å². The molecule has 1 aromatic carbocycles. The molecular weight excluding hydrogens is 362 g/mol. The number of hydrogen-bond donors (Lipinski definition) is 1. The van der Waals surface area contributed by atoms with E-state index in [4.69, 9.17) is 4.42 Å². The van der Waals surface area contributed by atoms with Crippen molar-refractivity contribution in [1.82, 2.24) is 9.29 Å². The molecule has 3 heterocycles. The zero-order valence-corrected chi connectivity index (χ0v) is 14.6. The Bertz CT molecular complexity index is 1070. The van der Waals surface area contributed by atoms with Crippen LogP contribution in [0.4, 0.5) is 5.88 Å². The predicted octanol–water partition coefficient (Wildman–Crippen LogP) is 2.72. The van der Waals surface area contributed by atoms with Gasteiger partial charge in [0.1, 0.15) is 5.76 Å². The fraction of sp³-hybridized carbons (Fsp3) is 0.125. The van der Waals surface area contributed by atoms with E-state index in [9.17, 15) is 13.2 Å². The molecule has 0 radical (unpaired) electrons. The molecule has 1 N–H and O–H groups in total. The largest absolute Gasteiger partial charge is 0.444 e. The van der Waals surface area contributed by atoms with Crippen LogP contribution in [0, 0.1) is 0 Å². The number of nitrogens with zero attached hydrogens (tertiary/aromatic N) is 2. The summed E-state index contributed by atoms with van der Waals surface area (Å²) in [5.41, 5.74) is 3.20. The third-order valence-corrected chi connectivity index (χ3v) is 6.52. The Labute approximate surface area is 147 Å². The van der Waals surface area contributed by atoms with E-state index in [0.29, 0.717) is 5.76 Å². The first-order valence-corrected chi connectivity index (χ1v) is 9.68. The second kappa shape index (κ2) is 5.80. The van der Waals surface area contributed by atoms with Crippen molar-refractivity contribution in [2.45, 2.75) is 18.0 Å². The van der Waals surface area contributed by atoms with Gasteiger partial charge in [0.05, 0.1) is 27.2 Å². The SMILES string of the molecule is C=CC(=O)Nc1cc2c(o1)CN(S(=O)(=O)c1ccc3ncsc3c1)C2. The van der Waals surface area contributed by atoms with E-state index in [1.54, 1.807) is 29.8 Å². The highest BCUT2D eigenvalue weighted by Crippen LogP contribution is 2.33. The lowest BCUT2D eigenvalue weighted by atomic mass is 10.3. The number of benzene rings is 1. The first-order valence-electron chi connectivity index (χ1n) is 7.36. The van der Waals surface area contributed by atoms with Gasteiger partial charge in [-0.3, -0.25) is 10.1 Å². The summed E-state index contributed by atoms with van der Waals surface area (Å²) in [7, 11) is -3.64. The number of thiazole rings is 1. The number of fused-ring (bicyclic) bond motifs is 2. The van der Waals surface area contributed by atoms with Gasteiger partial charge in [-0.05, 0) is 24.3 Å².